The van der Waals surface area contributed by atoms with Crippen LogP contribution in [0.25, 0.3) is 10.9 Å². The van der Waals surface area contributed by atoms with Crippen LogP contribution in [0.4, 0.5) is 24.7 Å². The highest BCUT2D eigenvalue weighted by Crippen LogP contribution is 2.40. The number of nitrogens with one attached hydrogen (secondary N) is 2. The zero-order chi connectivity index (χ0) is 26.3. The maximum Gasteiger partial charge on any atom is 0.490 e. The summed E-state index contributed by atoms with van der Waals surface area (Å²) in [5.41, 5.74) is 3.40. The molecule has 0 aliphatic carbocycles. The molecule has 2 aliphatic rings. The van der Waals surface area contributed by atoms with E-state index < -0.39 is 12.1 Å². The Balaban J connectivity index is 0.000000454. The molecule has 8 nitrogen and oxygen atoms in total. The van der Waals surface area contributed by atoms with Crippen LogP contribution < -0.4 is 20.1 Å². The molecule has 0 unspecified atom stereocenters. The number of carboxylic acids is 1. The molecule has 36 heavy (non-hydrogen) atoms. The Bertz CT molecular complexity index is 1040. The zero-order valence-electron chi connectivity index (χ0n) is 21.0. The van der Waals surface area contributed by atoms with Gasteiger partial charge in [0, 0.05) is 36.1 Å². The largest absolute Gasteiger partial charge is 0.493 e. The number of nitrogens with zero attached hydrogens (tertiary/aromatic N) is 2. The van der Waals surface area contributed by atoms with Crippen molar-refractivity contribution in [2.45, 2.75) is 58.2 Å². The summed E-state index contributed by atoms with van der Waals surface area (Å²) in [6, 6.07) is 4.45. The number of benzene rings is 1. The van der Waals surface area contributed by atoms with Crippen LogP contribution in [0.1, 0.15) is 45.1 Å². The van der Waals surface area contributed by atoms with E-state index in [-0.39, 0.29) is 0 Å². The molecular formula is C25H35F3N4O4. The van der Waals surface area contributed by atoms with Crippen LogP contribution in [0.2, 0.25) is 0 Å². The van der Waals surface area contributed by atoms with E-state index in [9.17, 15) is 13.2 Å². The summed E-state index contributed by atoms with van der Waals surface area (Å²) in [4.78, 5) is 16.4. The van der Waals surface area contributed by atoms with Gasteiger partial charge in [0.05, 0.1) is 24.9 Å². The zero-order valence-corrected chi connectivity index (χ0v) is 21.0. The number of anilines is 2. The van der Waals surface area contributed by atoms with E-state index in [4.69, 9.17) is 24.4 Å². The van der Waals surface area contributed by atoms with Gasteiger partial charge in [-0.1, -0.05) is 0 Å². The maximum absolute atomic E-state index is 10.6. The molecule has 0 bridgehead atoms. The topological polar surface area (TPSA) is 96.0 Å². The Hall–Kier alpha value is -2.95. The van der Waals surface area contributed by atoms with E-state index in [0.717, 1.165) is 60.6 Å². The highest BCUT2D eigenvalue weighted by atomic mass is 19.4. The van der Waals surface area contributed by atoms with E-state index in [1.165, 1.54) is 37.2 Å². The van der Waals surface area contributed by atoms with Gasteiger partial charge in [0.15, 0.2) is 11.5 Å². The summed E-state index contributed by atoms with van der Waals surface area (Å²) in [6.07, 6.45) is 0.770. The Kier molecular flexibility index (Phi) is 9.47. The van der Waals surface area contributed by atoms with E-state index in [2.05, 4.69) is 35.4 Å². The number of alkyl halides is 3. The van der Waals surface area contributed by atoms with Crippen LogP contribution in [0.5, 0.6) is 11.5 Å². The number of carbonyl (C=O) groups is 1. The third-order valence-electron chi connectivity index (χ3n) is 6.02. The SMILES string of the molecule is COc1cc2c3c(c(NC(C)C)nc2cc1OCCCN1CCCC1)CCCN3.O=C(O)C(F)(F)F. The van der Waals surface area contributed by atoms with Gasteiger partial charge in [-0.15, -0.1) is 0 Å². The van der Waals surface area contributed by atoms with Gasteiger partial charge in [-0.2, -0.15) is 13.2 Å². The second-order valence-corrected chi connectivity index (χ2v) is 9.22. The Morgan fingerprint density at radius 1 is 1.22 bits per heavy atom. The molecular weight excluding hydrogens is 477 g/mol. The predicted molar refractivity (Wildman–Crippen MR) is 133 cm³/mol. The van der Waals surface area contributed by atoms with Gasteiger partial charge < -0.3 is 30.1 Å². The first-order valence-electron chi connectivity index (χ1n) is 12.3. The van der Waals surface area contributed by atoms with Crippen molar-refractivity contribution in [3.8, 4) is 11.5 Å². The molecule has 0 amide bonds. The van der Waals surface area contributed by atoms with E-state index >= 15 is 0 Å². The van der Waals surface area contributed by atoms with Gasteiger partial charge in [-0.25, -0.2) is 9.78 Å². The fraction of sp³-hybridized carbons (Fsp3) is 0.600. The van der Waals surface area contributed by atoms with Crippen molar-refractivity contribution in [3.05, 3.63) is 17.7 Å². The van der Waals surface area contributed by atoms with Crippen molar-refractivity contribution in [1.82, 2.24) is 9.88 Å². The summed E-state index contributed by atoms with van der Waals surface area (Å²) < 4.78 is 43.5. The fourth-order valence-electron chi connectivity index (χ4n) is 4.38. The molecule has 2 aliphatic heterocycles. The molecule has 2 aromatic rings. The molecule has 4 rings (SSSR count). The number of rotatable bonds is 8. The van der Waals surface area contributed by atoms with Crippen molar-refractivity contribution in [1.29, 1.82) is 0 Å². The van der Waals surface area contributed by atoms with E-state index in [1.54, 1.807) is 7.11 Å². The second-order valence-electron chi connectivity index (χ2n) is 9.22. The number of methoxy groups -OCH3 is 1. The average molecular weight is 513 g/mol. The Morgan fingerprint density at radius 3 is 2.53 bits per heavy atom. The lowest BCUT2D eigenvalue weighted by atomic mass is 10.00. The van der Waals surface area contributed by atoms with Crippen molar-refractivity contribution >= 4 is 28.4 Å². The highest BCUT2D eigenvalue weighted by molar-refractivity contribution is 5.97. The molecule has 1 aromatic carbocycles. The van der Waals surface area contributed by atoms with E-state index in [1.807, 2.05) is 6.07 Å². The van der Waals surface area contributed by atoms with Gasteiger partial charge in [-0.05, 0) is 65.1 Å². The molecule has 3 N–H and O–H groups in total. The lowest BCUT2D eigenvalue weighted by molar-refractivity contribution is -0.192. The van der Waals surface area contributed by atoms with Gasteiger partial charge >= 0.3 is 12.1 Å². The maximum atomic E-state index is 10.6. The number of fused-ring (bicyclic) bond motifs is 3. The van der Waals surface area contributed by atoms with Crippen LogP contribution in [-0.4, -0.2) is 73.1 Å². The first-order chi connectivity index (χ1) is 17.1. The molecule has 200 valence electrons. The van der Waals surface area contributed by atoms with Crippen molar-refractivity contribution in [3.63, 3.8) is 0 Å². The quantitative estimate of drug-likeness (QED) is 0.429. The number of ether oxygens (including phenoxy) is 2. The minimum atomic E-state index is -5.08. The molecule has 0 saturated carbocycles. The van der Waals surface area contributed by atoms with Crippen molar-refractivity contribution in [2.24, 2.45) is 0 Å². The summed E-state index contributed by atoms with van der Waals surface area (Å²) in [6.45, 7) is 9.55. The lowest BCUT2D eigenvalue weighted by Gasteiger charge is -2.24. The Morgan fingerprint density at radius 2 is 1.92 bits per heavy atom. The van der Waals surface area contributed by atoms with Gasteiger partial charge in [0.1, 0.15) is 5.82 Å². The smallest absolute Gasteiger partial charge is 0.490 e. The number of hydrogen-bond donors (Lipinski definition) is 3. The second kappa shape index (κ2) is 12.3. The molecule has 0 radical (unpaired) electrons. The first-order valence-corrected chi connectivity index (χ1v) is 12.3. The van der Waals surface area contributed by atoms with Crippen LogP contribution in [0, 0.1) is 0 Å². The van der Waals surface area contributed by atoms with Crippen molar-refractivity contribution in [2.75, 3.05) is 50.5 Å². The van der Waals surface area contributed by atoms with Gasteiger partial charge in [-0.3, -0.25) is 0 Å². The number of aromatic nitrogens is 1. The van der Waals surface area contributed by atoms with Gasteiger partial charge in [0.25, 0.3) is 0 Å². The van der Waals surface area contributed by atoms with Crippen LogP contribution in [0.15, 0.2) is 12.1 Å². The van der Waals surface area contributed by atoms with Gasteiger partial charge in [0.2, 0.25) is 0 Å². The summed E-state index contributed by atoms with van der Waals surface area (Å²) in [7, 11) is 1.71. The highest BCUT2D eigenvalue weighted by Gasteiger charge is 2.38. The monoisotopic (exact) mass is 512 g/mol. The summed E-state index contributed by atoms with van der Waals surface area (Å²) in [5, 5.41) is 15.4. The molecule has 1 fully saturated rings. The minimum absolute atomic E-state index is 0.338. The molecule has 11 heteroatoms. The number of likely N-dealkylation sites (tertiary alicyclic amines) is 1. The van der Waals surface area contributed by atoms with E-state index in [0.29, 0.717) is 12.6 Å². The molecule has 1 saturated heterocycles. The number of carboxylic acid groups (broad SMARTS) is 1. The lowest BCUT2D eigenvalue weighted by Crippen LogP contribution is -2.22. The number of halogens is 3. The van der Waals surface area contributed by atoms with Crippen LogP contribution in [-0.2, 0) is 11.2 Å². The summed E-state index contributed by atoms with van der Waals surface area (Å²) in [5.74, 6) is -0.216. The third-order valence-corrected chi connectivity index (χ3v) is 6.02. The molecule has 1 aromatic heterocycles. The first kappa shape index (κ1) is 27.6. The van der Waals surface area contributed by atoms with Crippen molar-refractivity contribution < 1.29 is 32.5 Å². The molecule has 0 atom stereocenters. The standard InChI is InChI=1S/C23H34N4O2.C2HF3O2/c1-16(2)25-23-17-8-6-9-24-22(17)18-14-20(28-3)21(15-19(18)26-23)29-13-7-12-27-10-4-5-11-27;3-2(4,5)1(6)7/h14-16,24H,4-13H2,1-3H3,(H,25,26);(H,6,7). The molecule has 3 heterocycles. The number of pyridine rings is 1. The van der Waals surface area contributed by atoms with Crippen LogP contribution in [0.3, 0.4) is 0 Å². The number of aliphatic carboxylic acids is 1. The predicted octanol–water partition coefficient (Wildman–Crippen LogP) is 4.92. The van der Waals surface area contributed by atoms with Crippen LogP contribution >= 0.6 is 0 Å². The fourth-order valence-corrected chi connectivity index (χ4v) is 4.38. The Labute approximate surface area is 209 Å². The third kappa shape index (κ3) is 7.28. The normalized spacial score (nSPS) is 15.6. The molecule has 0 spiro atoms. The summed E-state index contributed by atoms with van der Waals surface area (Å²) >= 11 is 0. The number of hydrogen-bond acceptors (Lipinski definition) is 7. The minimum Gasteiger partial charge on any atom is -0.493 e. The average Bonchev–Trinajstić information content (AvgIpc) is 3.34.